The van der Waals surface area contributed by atoms with Gasteiger partial charge in [-0.15, -0.1) is 0 Å². The second kappa shape index (κ2) is 10.7. The fourth-order valence-corrected chi connectivity index (χ4v) is 3.43. The lowest BCUT2D eigenvalue weighted by Crippen LogP contribution is -2.32. The van der Waals surface area contributed by atoms with Crippen molar-refractivity contribution in [1.29, 1.82) is 0 Å². The van der Waals surface area contributed by atoms with E-state index < -0.39 is 12.8 Å². The molecule has 0 aliphatic rings. The van der Waals surface area contributed by atoms with Crippen molar-refractivity contribution in [1.82, 2.24) is 0 Å². The molecule has 0 atom stereocenters. The maximum atomic E-state index is 11.4. The molecule has 21 heavy (non-hydrogen) atoms. The van der Waals surface area contributed by atoms with E-state index in [1.165, 1.54) is 0 Å². The summed E-state index contributed by atoms with van der Waals surface area (Å²) in [6, 6.07) is 0. The molecule has 0 aliphatic heterocycles. The summed E-state index contributed by atoms with van der Waals surface area (Å²) >= 11 is 0. The molecule has 0 aliphatic carbocycles. The molecule has 0 amide bonds. The van der Waals surface area contributed by atoms with Crippen molar-refractivity contribution in [3.63, 3.8) is 0 Å². The van der Waals surface area contributed by atoms with Crippen LogP contribution < -0.4 is 5.73 Å². The van der Waals surface area contributed by atoms with E-state index in [-0.39, 0.29) is 12.1 Å². The number of rotatable bonds is 9. The van der Waals surface area contributed by atoms with Crippen molar-refractivity contribution >= 4 is 7.60 Å². The smallest absolute Gasteiger partial charge is 0.331 e. The Morgan fingerprint density at radius 3 is 1.67 bits per heavy atom. The van der Waals surface area contributed by atoms with Gasteiger partial charge < -0.3 is 20.6 Å². The van der Waals surface area contributed by atoms with Gasteiger partial charge in [0.25, 0.3) is 0 Å². The number of aliphatic hydroxyl groups is 1. The summed E-state index contributed by atoms with van der Waals surface area (Å²) < 4.78 is 11.4. The zero-order valence-electron chi connectivity index (χ0n) is 14.4. The van der Waals surface area contributed by atoms with Crippen molar-refractivity contribution in [2.24, 2.45) is 5.73 Å². The van der Waals surface area contributed by atoms with Crippen LogP contribution in [0.1, 0.15) is 79.6 Å². The van der Waals surface area contributed by atoms with Crippen molar-refractivity contribution in [2.75, 3.05) is 6.61 Å². The van der Waals surface area contributed by atoms with E-state index in [1.54, 1.807) is 0 Å². The zero-order chi connectivity index (χ0) is 17.2. The van der Waals surface area contributed by atoms with Gasteiger partial charge in [-0.25, -0.2) is 0 Å². The molecule has 5 N–H and O–H groups in total. The highest BCUT2D eigenvalue weighted by Crippen LogP contribution is 2.56. The molecule has 0 saturated carbocycles. The van der Waals surface area contributed by atoms with Crippen LogP contribution >= 0.6 is 7.60 Å². The van der Waals surface area contributed by atoms with Gasteiger partial charge in [0.15, 0.2) is 0 Å². The first-order valence-corrected chi connectivity index (χ1v) is 9.56. The number of hydrogen-bond acceptors (Lipinski definition) is 3. The fraction of sp³-hybridized carbons (Fsp3) is 1.00. The summed E-state index contributed by atoms with van der Waals surface area (Å²) in [7, 11) is -3.95. The SMILES string of the molecule is CC(C)(N)CCO.CCCCCC(CC)(CC)P(=O)(O)O. The van der Waals surface area contributed by atoms with Gasteiger partial charge in [-0.1, -0.05) is 40.0 Å². The van der Waals surface area contributed by atoms with Crippen molar-refractivity contribution in [3.8, 4) is 0 Å². The number of unbranched alkanes of at least 4 members (excludes halogenated alkanes) is 2. The molecule has 0 fully saturated rings. The van der Waals surface area contributed by atoms with E-state index in [9.17, 15) is 14.4 Å². The number of aliphatic hydroxyl groups excluding tert-OH is 1. The Labute approximate surface area is 130 Å². The Morgan fingerprint density at radius 2 is 1.48 bits per heavy atom. The molecule has 0 aromatic heterocycles. The Balaban J connectivity index is 0. The third-order valence-electron chi connectivity index (χ3n) is 3.94. The Kier molecular flexibility index (Phi) is 11.9. The average molecular weight is 325 g/mol. The van der Waals surface area contributed by atoms with E-state index >= 15 is 0 Å². The Bertz CT molecular complexity index is 293. The molecule has 0 heterocycles. The minimum atomic E-state index is -3.95. The van der Waals surface area contributed by atoms with Crippen LogP contribution in [0.3, 0.4) is 0 Å². The van der Waals surface area contributed by atoms with E-state index in [2.05, 4.69) is 6.92 Å². The monoisotopic (exact) mass is 325 g/mol. The van der Waals surface area contributed by atoms with Crippen molar-refractivity contribution in [2.45, 2.75) is 90.3 Å². The van der Waals surface area contributed by atoms with Crippen LogP contribution in [0.4, 0.5) is 0 Å². The van der Waals surface area contributed by atoms with Crippen molar-refractivity contribution < 1.29 is 19.5 Å². The third-order valence-corrected chi connectivity index (χ3v) is 6.03. The second-order valence-electron chi connectivity index (χ2n) is 6.39. The van der Waals surface area contributed by atoms with Gasteiger partial charge in [-0.05, 0) is 39.5 Å². The zero-order valence-corrected chi connectivity index (χ0v) is 15.3. The quantitative estimate of drug-likeness (QED) is 0.384. The van der Waals surface area contributed by atoms with Gasteiger partial charge in [-0.3, -0.25) is 4.57 Å². The molecule has 0 rings (SSSR count). The molecule has 0 radical (unpaired) electrons. The van der Waals surface area contributed by atoms with Crippen LogP contribution in [0.5, 0.6) is 0 Å². The summed E-state index contributed by atoms with van der Waals surface area (Å²) in [6.45, 7) is 9.80. The molecule has 0 aromatic carbocycles. The fourth-order valence-electron chi connectivity index (χ4n) is 2.15. The van der Waals surface area contributed by atoms with E-state index in [0.717, 1.165) is 19.3 Å². The summed E-state index contributed by atoms with van der Waals surface area (Å²) in [5, 5.41) is 7.56. The van der Waals surface area contributed by atoms with Crippen LogP contribution in [0.2, 0.25) is 0 Å². The third kappa shape index (κ3) is 10.4. The van der Waals surface area contributed by atoms with Gasteiger partial charge in [0.1, 0.15) is 0 Å². The normalized spacial score (nSPS) is 12.8. The van der Waals surface area contributed by atoms with Crippen LogP contribution in [0, 0.1) is 0 Å². The van der Waals surface area contributed by atoms with Crippen LogP contribution in [0.15, 0.2) is 0 Å². The predicted molar refractivity (Wildman–Crippen MR) is 89.5 cm³/mol. The molecule has 0 bridgehead atoms. The summed E-state index contributed by atoms with van der Waals surface area (Å²) in [5.41, 5.74) is 5.29. The second-order valence-corrected chi connectivity index (χ2v) is 8.43. The Morgan fingerprint density at radius 1 is 1.00 bits per heavy atom. The topological polar surface area (TPSA) is 104 Å². The van der Waals surface area contributed by atoms with Gasteiger partial charge >= 0.3 is 7.60 Å². The number of nitrogens with two attached hydrogens (primary N) is 1. The summed E-state index contributed by atoms with van der Waals surface area (Å²) in [6.07, 6.45) is 5.52. The van der Waals surface area contributed by atoms with Gasteiger partial charge in [-0.2, -0.15) is 0 Å². The maximum absolute atomic E-state index is 11.4. The molecular weight excluding hydrogens is 289 g/mol. The van der Waals surface area contributed by atoms with Gasteiger partial charge in [0, 0.05) is 12.1 Å². The Hall–Kier alpha value is 0.0700. The molecule has 0 aromatic rings. The molecule has 0 unspecified atom stereocenters. The first kappa shape index (κ1) is 23.3. The minimum absolute atomic E-state index is 0.184. The first-order valence-electron chi connectivity index (χ1n) is 7.95. The highest BCUT2D eigenvalue weighted by atomic mass is 31.2. The van der Waals surface area contributed by atoms with Gasteiger partial charge in [0.2, 0.25) is 0 Å². The molecule has 6 heteroatoms. The molecular formula is C15H36NO4P. The van der Waals surface area contributed by atoms with Crippen LogP contribution in [-0.4, -0.2) is 32.2 Å². The van der Waals surface area contributed by atoms with Crippen LogP contribution in [-0.2, 0) is 4.57 Å². The lowest BCUT2D eigenvalue weighted by molar-refractivity contribution is 0.254. The maximum Gasteiger partial charge on any atom is 0.331 e. The van der Waals surface area contributed by atoms with E-state index in [1.807, 2.05) is 27.7 Å². The van der Waals surface area contributed by atoms with E-state index in [0.29, 0.717) is 25.7 Å². The van der Waals surface area contributed by atoms with Crippen molar-refractivity contribution in [3.05, 3.63) is 0 Å². The minimum Gasteiger partial charge on any atom is -0.396 e. The molecule has 130 valence electrons. The lowest BCUT2D eigenvalue weighted by atomic mass is 9.95. The molecule has 0 saturated heterocycles. The van der Waals surface area contributed by atoms with E-state index in [4.69, 9.17) is 10.8 Å². The highest BCUT2D eigenvalue weighted by molar-refractivity contribution is 7.53. The largest absolute Gasteiger partial charge is 0.396 e. The highest BCUT2D eigenvalue weighted by Gasteiger charge is 2.42. The summed E-state index contributed by atoms with van der Waals surface area (Å²) in [4.78, 5) is 18.7. The number of hydrogen-bond donors (Lipinski definition) is 4. The summed E-state index contributed by atoms with van der Waals surface area (Å²) in [5.74, 6) is 0. The standard InChI is InChI=1S/C10H23O3P.C5H13NO/c1-4-7-8-9-10(5-2,6-3)14(11,12)13;1-5(2,6)3-4-7/h4-9H2,1-3H3,(H2,11,12,13);7H,3-4,6H2,1-2H3. The first-order chi connectivity index (χ1) is 9.49. The lowest BCUT2D eigenvalue weighted by Gasteiger charge is -2.32. The van der Waals surface area contributed by atoms with Crippen LogP contribution in [0.25, 0.3) is 0 Å². The molecule has 0 spiro atoms. The van der Waals surface area contributed by atoms with Gasteiger partial charge in [0.05, 0.1) is 5.16 Å². The predicted octanol–water partition coefficient (Wildman–Crippen LogP) is 3.41. The molecule has 5 nitrogen and oxygen atoms in total. The average Bonchev–Trinajstić information content (AvgIpc) is 2.33.